The number of aromatic nitrogens is 1. The molecule has 0 atom stereocenters. The van der Waals surface area contributed by atoms with E-state index < -0.39 is 5.97 Å². The minimum Gasteiger partial charge on any atom is -0.493 e. The number of carbonyl (C=O) groups is 1. The Balaban J connectivity index is 1.86. The highest BCUT2D eigenvalue weighted by molar-refractivity contribution is 7.17. The largest absolute Gasteiger partial charge is 0.493 e. The molecule has 29 heavy (non-hydrogen) atoms. The predicted molar refractivity (Wildman–Crippen MR) is 114 cm³/mol. The maximum absolute atomic E-state index is 12.2. The molecule has 3 aromatic rings. The quantitative estimate of drug-likeness (QED) is 0.335. The van der Waals surface area contributed by atoms with Gasteiger partial charge in [-0.3, -0.25) is 5.43 Å². The molecule has 7 nitrogen and oxygen atoms in total. The zero-order valence-electron chi connectivity index (χ0n) is 16.3. The van der Waals surface area contributed by atoms with E-state index in [1.807, 2.05) is 55.5 Å². The smallest absolute Gasteiger partial charge is 0.350 e. The lowest BCUT2D eigenvalue weighted by Gasteiger charge is -2.11. The molecule has 0 radical (unpaired) electrons. The van der Waals surface area contributed by atoms with Crippen LogP contribution >= 0.6 is 11.3 Å². The Labute approximate surface area is 173 Å². The van der Waals surface area contributed by atoms with Crippen molar-refractivity contribution in [1.29, 1.82) is 0 Å². The highest BCUT2D eigenvalue weighted by Crippen LogP contribution is 2.32. The first-order valence-corrected chi connectivity index (χ1v) is 9.73. The molecule has 0 aliphatic rings. The molecule has 2 aromatic carbocycles. The number of para-hydroxylation sites is 1. The van der Waals surface area contributed by atoms with Gasteiger partial charge >= 0.3 is 5.97 Å². The second-order valence-electron chi connectivity index (χ2n) is 5.74. The summed E-state index contributed by atoms with van der Waals surface area (Å²) < 4.78 is 15.9. The van der Waals surface area contributed by atoms with Gasteiger partial charge in [0, 0.05) is 11.1 Å². The molecule has 0 amide bonds. The fourth-order valence-corrected chi connectivity index (χ4v) is 3.50. The van der Waals surface area contributed by atoms with Crippen LogP contribution in [-0.4, -0.2) is 38.0 Å². The number of methoxy groups -OCH3 is 2. The third kappa shape index (κ3) is 4.72. The van der Waals surface area contributed by atoms with Gasteiger partial charge in [0.2, 0.25) is 5.13 Å². The Morgan fingerprint density at radius 1 is 1.17 bits per heavy atom. The van der Waals surface area contributed by atoms with Crippen LogP contribution in [0.5, 0.6) is 11.5 Å². The van der Waals surface area contributed by atoms with Crippen LogP contribution in [0.2, 0.25) is 0 Å². The standard InChI is InChI=1S/C21H21N3O4S/c1-4-28-18-15(11-8-12-16(18)26-2)13-22-24-21-23-17(14-9-6-5-7-10-14)19(29-21)20(25)27-3/h5-13H,4H2,1-3H3,(H,23,24)/b22-13-. The number of hydrazone groups is 1. The summed E-state index contributed by atoms with van der Waals surface area (Å²) in [6, 6.07) is 15.0. The van der Waals surface area contributed by atoms with Gasteiger partial charge in [0.25, 0.3) is 0 Å². The third-order valence-corrected chi connectivity index (χ3v) is 4.87. The van der Waals surface area contributed by atoms with E-state index in [4.69, 9.17) is 14.2 Å². The molecule has 8 heteroatoms. The molecular weight excluding hydrogens is 390 g/mol. The van der Waals surface area contributed by atoms with Crippen molar-refractivity contribution < 1.29 is 19.0 Å². The van der Waals surface area contributed by atoms with Crippen molar-refractivity contribution in [1.82, 2.24) is 4.98 Å². The molecule has 1 heterocycles. The van der Waals surface area contributed by atoms with Crippen molar-refractivity contribution in [2.75, 3.05) is 26.3 Å². The van der Waals surface area contributed by atoms with E-state index in [-0.39, 0.29) is 0 Å². The maximum Gasteiger partial charge on any atom is 0.350 e. The molecule has 0 fully saturated rings. The Kier molecular flexibility index (Phi) is 6.80. The first kappa shape index (κ1) is 20.3. The van der Waals surface area contributed by atoms with E-state index in [1.54, 1.807) is 13.3 Å². The SMILES string of the molecule is CCOc1c(/C=N\Nc2nc(-c3ccccc3)c(C(=O)OC)s2)cccc1OC. The molecule has 1 N–H and O–H groups in total. The van der Waals surface area contributed by atoms with Gasteiger partial charge in [-0.2, -0.15) is 5.10 Å². The molecular formula is C21H21N3O4S. The van der Waals surface area contributed by atoms with Gasteiger partial charge in [-0.05, 0) is 19.1 Å². The van der Waals surface area contributed by atoms with Crippen molar-refractivity contribution in [3.63, 3.8) is 0 Å². The highest BCUT2D eigenvalue weighted by Gasteiger charge is 2.20. The number of ether oxygens (including phenoxy) is 3. The van der Waals surface area contributed by atoms with Crippen LogP contribution in [0.15, 0.2) is 53.6 Å². The van der Waals surface area contributed by atoms with Gasteiger partial charge in [0.1, 0.15) is 4.88 Å². The number of nitrogens with one attached hydrogen (secondary N) is 1. The molecule has 0 unspecified atom stereocenters. The van der Waals surface area contributed by atoms with Crippen LogP contribution in [0.1, 0.15) is 22.2 Å². The minimum absolute atomic E-state index is 0.410. The van der Waals surface area contributed by atoms with Gasteiger partial charge < -0.3 is 14.2 Å². The molecule has 0 saturated carbocycles. The average Bonchev–Trinajstić information content (AvgIpc) is 3.19. The zero-order valence-corrected chi connectivity index (χ0v) is 17.2. The van der Waals surface area contributed by atoms with Gasteiger partial charge in [-0.15, -0.1) is 0 Å². The van der Waals surface area contributed by atoms with Gasteiger partial charge in [-0.1, -0.05) is 47.7 Å². The van der Waals surface area contributed by atoms with Crippen LogP contribution in [0.3, 0.4) is 0 Å². The van der Waals surface area contributed by atoms with Gasteiger partial charge in [0.05, 0.1) is 32.7 Å². The topological polar surface area (TPSA) is 82.0 Å². The van der Waals surface area contributed by atoms with Gasteiger partial charge in [-0.25, -0.2) is 9.78 Å². The fraction of sp³-hybridized carbons (Fsp3) is 0.190. The molecule has 150 valence electrons. The van der Waals surface area contributed by atoms with Crippen molar-refractivity contribution in [2.24, 2.45) is 5.10 Å². The Bertz CT molecular complexity index is 1000. The first-order chi connectivity index (χ1) is 14.2. The molecule has 0 aliphatic heterocycles. The third-order valence-electron chi connectivity index (χ3n) is 3.93. The number of esters is 1. The summed E-state index contributed by atoms with van der Waals surface area (Å²) in [5.41, 5.74) is 5.02. The van der Waals surface area contributed by atoms with E-state index in [2.05, 4.69) is 15.5 Å². The predicted octanol–water partition coefficient (Wildman–Crippen LogP) is 4.45. The highest BCUT2D eigenvalue weighted by atomic mass is 32.1. The lowest BCUT2D eigenvalue weighted by Crippen LogP contribution is -2.00. The van der Waals surface area contributed by atoms with Gasteiger partial charge in [0.15, 0.2) is 11.5 Å². The number of thiazole rings is 1. The summed E-state index contributed by atoms with van der Waals surface area (Å²) >= 11 is 1.18. The monoisotopic (exact) mass is 411 g/mol. The van der Waals surface area contributed by atoms with Crippen LogP contribution in [-0.2, 0) is 4.74 Å². The summed E-state index contributed by atoms with van der Waals surface area (Å²) in [6.07, 6.45) is 1.62. The number of anilines is 1. The Hall–Kier alpha value is -3.39. The Morgan fingerprint density at radius 3 is 2.66 bits per heavy atom. The summed E-state index contributed by atoms with van der Waals surface area (Å²) in [5, 5.41) is 4.72. The first-order valence-electron chi connectivity index (χ1n) is 8.91. The van der Waals surface area contributed by atoms with Crippen molar-refractivity contribution in [3.8, 4) is 22.8 Å². The maximum atomic E-state index is 12.2. The lowest BCUT2D eigenvalue weighted by molar-refractivity contribution is 0.0607. The number of benzene rings is 2. The second-order valence-corrected chi connectivity index (χ2v) is 6.74. The number of nitrogens with zero attached hydrogens (tertiary/aromatic N) is 2. The summed E-state index contributed by atoms with van der Waals surface area (Å²) in [4.78, 5) is 17.1. The lowest BCUT2D eigenvalue weighted by atomic mass is 10.1. The number of hydrogen-bond donors (Lipinski definition) is 1. The second kappa shape index (κ2) is 9.70. The number of carbonyl (C=O) groups excluding carboxylic acids is 1. The van der Waals surface area contributed by atoms with Crippen molar-refractivity contribution in [3.05, 3.63) is 59.0 Å². The van der Waals surface area contributed by atoms with Crippen molar-refractivity contribution >= 4 is 28.7 Å². The number of rotatable bonds is 8. The zero-order chi connectivity index (χ0) is 20.6. The molecule has 3 rings (SSSR count). The summed E-state index contributed by atoms with van der Waals surface area (Å²) in [6.45, 7) is 2.41. The number of hydrogen-bond acceptors (Lipinski definition) is 8. The summed E-state index contributed by atoms with van der Waals surface area (Å²) in [5.74, 6) is 0.802. The van der Waals surface area contributed by atoms with Crippen molar-refractivity contribution in [2.45, 2.75) is 6.92 Å². The van der Waals surface area contributed by atoms with Crippen LogP contribution in [0, 0.1) is 0 Å². The minimum atomic E-state index is -0.440. The molecule has 0 saturated heterocycles. The van der Waals surface area contributed by atoms with E-state index >= 15 is 0 Å². The molecule has 0 bridgehead atoms. The normalized spacial score (nSPS) is 10.7. The summed E-state index contributed by atoms with van der Waals surface area (Å²) in [7, 11) is 2.94. The van der Waals surface area contributed by atoms with E-state index in [9.17, 15) is 4.79 Å². The molecule has 0 aliphatic carbocycles. The van der Waals surface area contributed by atoms with E-state index in [0.29, 0.717) is 33.8 Å². The fourth-order valence-electron chi connectivity index (χ4n) is 2.64. The van der Waals surface area contributed by atoms with E-state index in [0.717, 1.165) is 11.1 Å². The molecule has 1 aromatic heterocycles. The molecule has 0 spiro atoms. The van der Waals surface area contributed by atoms with Crippen LogP contribution < -0.4 is 14.9 Å². The van der Waals surface area contributed by atoms with Crippen LogP contribution in [0.4, 0.5) is 5.13 Å². The Morgan fingerprint density at radius 2 is 1.97 bits per heavy atom. The average molecular weight is 411 g/mol. The van der Waals surface area contributed by atoms with Crippen LogP contribution in [0.25, 0.3) is 11.3 Å². The van der Waals surface area contributed by atoms with E-state index in [1.165, 1.54) is 18.4 Å².